The van der Waals surface area contributed by atoms with Crippen LogP contribution in [-0.4, -0.2) is 13.1 Å². The Bertz CT molecular complexity index is 727. The molecule has 0 bridgehead atoms. The summed E-state index contributed by atoms with van der Waals surface area (Å²) >= 11 is 0. The van der Waals surface area contributed by atoms with Crippen LogP contribution in [-0.2, 0) is 27.5 Å². The largest absolute Gasteiger partial charge is 0.460 e. The van der Waals surface area contributed by atoms with Crippen molar-refractivity contribution in [2.24, 2.45) is 17.3 Å². The summed E-state index contributed by atoms with van der Waals surface area (Å²) in [7, 11) is 1.14. The topological polar surface area (TPSA) is 35.5 Å². The fraction of sp³-hybridized carbons (Fsp3) is 0.421. The molecule has 1 fully saturated rings. The molecule has 3 nitrogen and oxygen atoms in total. The van der Waals surface area contributed by atoms with Crippen LogP contribution in [0.2, 0.25) is 0 Å². The van der Waals surface area contributed by atoms with Gasteiger partial charge in [0, 0.05) is 7.11 Å². The summed E-state index contributed by atoms with van der Waals surface area (Å²) < 4.78 is 65.3. The Hall–Kier alpha value is -2.15. The van der Waals surface area contributed by atoms with E-state index < -0.39 is 59.5 Å². The molecule has 0 aliphatic heterocycles. The Labute approximate surface area is 149 Å². The van der Waals surface area contributed by atoms with Crippen molar-refractivity contribution >= 4 is 5.97 Å². The number of carbonyl (C=O) groups excluding carboxylic acids is 1. The molecule has 0 aromatic heterocycles. The first-order valence-corrected chi connectivity index (χ1v) is 7.96. The molecule has 0 amide bonds. The number of methoxy groups -OCH3 is 1. The smallest absolute Gasteiger partial charge is 0.310 e. The van der Waals surface area contributed by atoms with E-state index in [1.807, 2.05) is 13.8 Å². The van der Waals surface area contributed by atoms with Crippen molar-refractivity contribution < 1.29 is 31.8 Å². The zero-order valence-electron chi connectivity index (χ0n) is 14.7. The van der Waals surface area contributed by atoms with Gasteiger partial charge in [-0.3, -0.25) is 4.79 Å². The van der Waals surface area contributed by atoms with E-state index >= 15 is 0 Å². The molecule has 2 rings (SSSR count). The highest BCUT2D eigenvalue weighted by Crippen LogP contribution is 2.59. The zero-order chi connectivity index (χ0) is 19.6. The maximum absolute atomic E-state index is 14.0. The van der Waals surface area contributed by atoms with Gasteiger partial charge in [0.25, 0.3) is 0 Å². The number of carbonyl (C=O) groups is 1. The summed E-state index contributed by atoms with van der Waals surface area (Å²) in [5.74, 6) is -7.61. The van der Waals surface area contributed by atoms with E-state index in [2.05, 4.69) is 11.3 Å². The van der Waals surface area contributed by atoms with Gasteiger partial charge in [-0.05, 0) is 11.3 Å². The second-order valence-electron chi connectivity index (χ2n) is 6.70. The van der Waals surface area contributed by atoms with E-state index in [1.165, 1.54) is 0 Å². The van der Waals surface area contributed by atoms with Crippen LogP contribution >= 0.6 is 0 Å². The third-order valence-corrected chi connectivity index (χ3v) is 4.71. The maximum atomic E-state index is 14.0. The highest BCUT2D eigenvalue weighted by Gasteiger charge is 2.61. The Kier molecular flexibility index (Phi) is 5.91. The summed E-state index contributed by atoms with van der Waals surface area (Å²) in [4.78, 5) is 12.2. The van der Waals surface area contributed by atoms with Crippen molar-refractivity contribution in [3.8, 4) is 0 Å². The molecule has 1 aliphatic rings. The van der Waals surface area contributed by atoms with Crippen LogP contribution in [0.15, 0.2) is 24.8 Å². The number of hydrogen-bond donors (Lipinski definition) is 0. The lowest BCUT2D eigenvalue weighted by Gasteiger charge is -2.12. The van der Waals surface area contributed by atoms with Crippen molar-refractivity contribution in [1.29, 1.82) is 0 Å². The highest BCUT2D eigenvalue weighted by atomic mass is 19.2. The molecule has 0 spiro atoms. The molecule has 26 heavy (non-hydrogen) atoms. The van der Waals surface area contributed by atoms with Crippen LogP contribution in [0.25, 0.3) is 0 Å². The number of esters is 1. The first kappa shape index (κ1) is 20.2. The van der Waals surface area contributed by atoms with E-state index in [1.54, 1.807) is 18.2 Å². The summed E-state index contributed by atoms with van der Waals surface area (Å²) in [5, 5.41) is 0. The van der Waals surface area contributed by atoms with Crippen LogP contribution in [0.5, 0.6) is 0 Å². The number of hydrogen-bond acceptors (Lipinski definition) is 3. The van der Waals surface area contributed by atoms with Crippen LogP contribution in [0.4, 0.5) is 17.6 Å². The fourth-order valence-corrected chi connectivity index (χ4v) is 3.04. The van der Waals surface area contributed by atoms with E-state index in [0.29, 0.717) is 0 Å². The standard InChI is InChI=1S/C19H20F4O3/c1-5-6-7-12-13(19(12,2)3)18(24)26-9-11-16(22)14(20)10(8-25-4)15(21)17(11)23/h5-7,12-13H,1,8-9H2,2-4H3/b7-6+/t12-,13+/m1/s1. The van der Waals surface area contributed by atoms with E-state index in [9.17, 15) is 22.4 Å². The van der Waals surface area contributed by atoms with Gasteiger partial charge in [0.05, 0.1) is 23.7 Å². The SMILES string of the molecule is C=C/C=C/[C@@H]1[C@@H](C(=O)OCc2c(F)c(F)c(COC)c(F)c2F)C1(C)C. The number of benzene rings is 1. The Morgan fingerprint density at radius 1 is 1.08 bits per heavy atom. The lowest BCUT2D eigenvalue weighted by atomic mass is 10.1. The van der Waals surface area contributed by atoms with Crippen LogP contribution in [0.3, 0.4) is 0 Å². The van der Waals surface area contributed by atoms with Gasteiger partial charge in [0.15, 0.2) is 23.3 Å². The molecule has 0 heterocycles. The average Bonchev–Trinajstić information content (AvgIpc) is 3.15. The van der Waals surface area contributed by atoms with Crippen molar-refractivity contribution in [3.63, 3.8) is 0 Å². The quantitative estimate of drug-likeness (QED) is 0.307. The van der Waals surface area contributed by atoms with Crippen molar-refractivity contribution in [2.75, 3.05) is 7.11 Å². The second-order valence-corrected chi connectivity index (χ2v) is 6.70. The van der Waals surface area contributed by atoms with Crippen molar-refractivity contribution in [1.82, 2.24) is 0 Å². The Morgan fingerprint density at radius 3 is 2.04 bits per heavy atom. The lowest BCUT2D eigenvalue weighted by molar-refractivity contribution is -0.147. The zero-order valence-corrected chi connectivity index (χ0v) is 14.7. The maximum Gasteiger partial charge on any atom is 0.310 e. The lowest BCUT2D eigenvalue weighted by Crippen LogP contribution is -2.15. The van der Waals surface area contributed by atoms with Crippen LogP contribution < -0.4 is 0 Å². The molecule has 1 saturated carbocycles. The minimum Gasteiger partial charge on any atom is -0.460 e. The molecule has 7 heteroatoms. The highest BCUT2D eigenvalue weighted by molar-refractivity contribution is 5.78. The average molecular weight is 372 g/mol. The van der Waals surface area contributed by atoms with Gasteiger partial charge in [-0.1, -0.05) is 38.7 Å². The second kappa shape index (κ2) is 7.61. The van der Waals surface area contributed by atoms with Crippen LogP contribution in [0, 0.1) is 40.5 Å². The van der Waals surface area contributed by atoms with Gasteiger partial charge < -0.3 is 9.47 Å². The minimum atomic E-state index is -1.60. The fourth-order valence-electron chi connectivity index (χ4n) is 3.04. The van der Waals surface area contributed by atoms with E-state index in [4.69, 9.17) is 4.74 Å². The summed E-state index contributed by atoms with van der Waals surface area (Å²) in [5.41, 5.74) is -2.20. The molecule has 0 N–H and O–H groups in total. The van der Waals surface area contributed by atoms with Gasteiger partial charge in [0.1, 0.15) is 6.61 Å². The molecule has 142 valence electrons. The minimum absolute atomic E-state index is 0.111. The molecule has 0 radical (unpaired) electrons. The normalized spacial score (nSPS) is 21.0. The first-order chi connectivity index (χ1) is 12.2. The summed E-state index contributed by atoms with van der Waals surface area (Å²) in [6.07, 6.45) is 5.05. The first-order valence-electron chi connectivity index (χ1n) is 7.96. The van der Waals surface area contributed by atoms with E-state index in [0.717, 1.165) is 7.11 Å². The molecular weight excluding hydrogens is 352 g/mol. The molecule has 2 atom stereocenters. The van der Waals surface area contributed by atoms with E-state index in [-0.39, 0.29) is 11.3 Å². The van der Waals surface area contributed by atoms with Gasteiger partial charge in [-0.15, -0.1) is 0 Å². The van der Waals surface area contributed by atoms with Crippen molar-refractivity contribution in [2.45, 2.75) is 27.1 Å². The predicted molar refractivity (Wildman–Crippen MR) is 86.9 cm³/mol. The molecule has 1 aliphatic carbocycles. The molecule has 0 saturated heterocycles. The van der Waals surface area contributed by atoms with Gasteiger partial charge >= 0.3 is 5.97 Å². The molecule has 1 aromatic carbocycles. The van der Waals surface area contributed by atoms with Crippen molar-refractivity contribution in [3.05, 3.63) is 59.2 Å². The summed E-state index contributed by atoms with van der Waals surface area (Å²) in [6.45, 7) is 5.71. The molecule has 0 unspecified atom stereocenters. The third kappa shape index (κ3) is 3.53. The number of rotatable bonds is 7. The Balaban J connectivity index is 2.17. The molecular formula is C19H20F4O3. The van der Waals surface area contributed by atoms with Gasteiger partial charge in [0.2, 0.25) is 0 Å². The van der Waals surface area contributed by atoms with Gasteiger partial charge in [-0.2, -0.15) is 0 Å². The summed E-state index contributed by atoms with van der Waals surface area (Å²) in [6, 6.07) is 0. The number of allylic oxidation sites excluding steroid dienone is 3. The third-order valence-electron chi connectivity index (χ3n) is 4.71. The van der Waals surface area contributed by atoms with Gasteiger partial charge in [-0.25, -0.2) is 17.6 Å². The monoisotopic (exact) mass is 372 g/mol. The predicted octanol–water partition coefficient (Wildman–Crippen LogP) is 4.45. The number of ether oxygens (including phenoxy) is 2. The molecule has 1 aromatic rings. The van der Waals surface area contributed by atoms with Crippen LogP contribution in [0.1, 0.15) is 25.0 Å². The Morgan fingerprint density at radius 2 is 1.58 bits per heavy atom. The number of halogens is 4.